The van der Waals surface area contributed by atoms with Gasteiger partial charge in [-0.2, -0.15) is 0 Å². The number of benzene rings is 1. The van der Waals surface area contributed by atoms with Crippen molar-refractivity contribution in [3.8, 4) is 0 Å². The van der Waals surface area contributed by atoms with Crippen molar-refractivity contribution in [2.75, 3.05) is 6.54 Å². The molecule has 2 nitrogen and oxygen atoms in total. The van der Waals surface area contributed by atoms with Crippen LogP contribution in [0.3, 0.4) is 0 Å². The van der Waals surface area contributed by atoms with Gasteiger partial charge >= 0.3 is 0 Å². The summed E-state index contributed by atoms with van der Waals surface area (Å²) in [4.78, 5) is 0. The summed E-state index contributed by atoms with van der Waals surface area (Å²) in [6.07, 6.45) is 1.16. The average molecular weight is 200 g/mol. The third kappa shape index (κ3) is 2.49. The van der Waals surface area contributed by atoms with E-state index in [0.29, 0.717) is 19.4 Å². The van der Waals surface area contributed by atoms with Crippen molar-refractivity contribution >= 4 is 0 Å². The molecule has 0 spiro atoms. The fourth-order valence-corrected chi connectivity index (χ4v) is 1.35. The maximum atomic E-state index is 13.2. The summed E-state index contributed by atoms with van der Waals surface area (Å²) < 4.78 is 26.4. The van der Waals surface area contributed by atoms with E-state index in [9.17, 15) is 8.78 Å². The average Bonchev–Trinajstić information content (AvgIpc) is 2.14. The molecular weight excluding hydrogens is 186 g/mol. The maximum Gasteiger partial charge on any atom is 0.130 e. The van der Waals surface area contributed by atoms with Gasteiger partial charge in [-0.05, 0) is 31.5 Å². The minimum Gasteiger partial charge on any atom is -0.330 e. The molecular formula is C10H14F2N2. The molecule has 0 heterocycles. The van der Waals surface area contributed by atoms with Crippen LogP contribution in [0.1, 0.15) is 24.4 Å². The van der Waals surface area contributed by atoms with Crippen molar-refractivity contribution in [2.24, 2.45) is 11.5 Å². The molecule has 78 valence electrons. The van der Waals surface area contributed by atoms with Crippen LogP contribution in [0.15, 0.2) is 18.2 Å². The molecule has 0 bridgehead atoms. The molecule has 4 heteroatoms. The number of hydrogen-bond acceptors (Lipinski definition) is 2. The highest BCUT2D eigenvalue weighted by Gasteiger charge is 2.15. The molecule has 0 aliphatic carbocycles. The Morgan fingerprint density at radius 3 is 2.29 bits per heavy atom. The second-order valence-electron chi connectivity index (χ2n) is 3.17. The van der Waals surface area contributed by atoms with Gasteiger partial charge in [0.1, 0.15) is 11.6 Å². The van der Waals surface area contributed by atoms with Crippen molar-refractivity contribution in [3.05, 3.63) is 35.4 Å². The van der Waals surface area contributed by atoms with Crippen molar-refractivity contribution in [1.82, 2.24) is 0 Å². The van der Waals surface area contributed by atoms with E-state index in [1.165, 1.54) is 18.2 Å². The normalized spacial score (nSPS) is 12.9. The summed E-state index contributed by atoms with van der Waals surface area (Å²) in [5.41, 5.74) is 10.9. The van der Waals surface area contributed by atoms with Gasteiger partial charge in [-0.3, -0.25) is 0 Å². The standard InChI is InChI=1S/C10H14F2N2/c11-7-3-1-4-8(12)10(7)9(14)5-2-6-13/h1,3-4,9H,2,5-6,13-14H2/t9-/m1/s1. The molecule has 0 amide bonds. The van der Waals surface area contributed by atoms with Gasteiger partial charge in [0.15, 0.2) is 0 Å². The highest BCUT2D eigenvalue weighted by Crippen LogP contribution is 2.21. The molecule has 0 saturated carbocycles. The maximum absolute atomic E-state index is 13.2. The molecule has 0 aliphatic rings. The van der Waals surface area contributed by atoms with Gasteiger partial charge < -0.3 is 11.5 Å². The summed E-state index contributed by atoms with van der Waals surface area (Å²) >= 11 is 0. The highest BCUT2D eigenvalue weighted by atomic mass is 19.1. The zero-order valence-corrected chi connectivity index (χ0v) is 7.84. The Morgan fingerprint density at radius 2 is 1.79 bits per heavy atom. The number of halogens is 2. The van der Waals surface area contributed by atoms with Crippen LogP contribution in [-0.2, 0) is 0 Å². The Bertz CT molecular complexity index is 282. The molecule has 0 aliphatic heterocycles. The second-order valence-corrected chi connectivity index (χ2v) is 3.17. The minimum atomic E-state index is -0.611. The monoisotopic (exact) mass is 200 g/mol. The molecule has 1 rings (SSSR count). The van der Waals surface area contributed by atoms with E-state index in [1.54, 1.807) is 0 Å². The molecule has 4 N–H and O–H groups in total. The summed E-state index contributed by atoms with van der Waals surface area (Å²) in [7, 11) is 0. The Morgan fingerprint density at radius 1 is 1.21 bits per heavy atom. The molecule has 0 unspecified atom stereocenters. The van der Waals surface area contributed by atoms with Gasteiger partial charge in [-0.25, -0.2) is 8.78 Å². The number of rotatable bonds is 4. The molecule has 0 aromatic heterocycles. The highest BCUT2D eigenvalue weighted by molar-refractivity contribution is 5.22. The SMILES string of the molecule is NCCC[C@@H](N)c1c(F)cccc1F. The molecule has 14 heavy (non-hydrogen) atoms. The fourth-order valence-electron chi connectivity index (χ4n) is 1.35. The Balaban J connectivity index is 2.82. The first kappa shape index (κ1) is 11.1. The predicted octanol–water partition coefficient (Wildman–Crippen LogP) is 1.70. The lowest BCUT2D eigenvalue weighted by molar-refractivity contribution is 0.506. The third-order valence-electron chi connectivity index (χ3n) is 2.09. The lowest BCUT2D eigenvalue weighted by Gasteiger charge is -2.12. The van der Waals surface area contributed by atoms with Gasteiger partial charge in [0, 0.05) is 11.6 Å². The van der Waals surface area contributed by atoms with Crippen LogP contribution < -0.4 is 11.5 Å². The van der Waals surface area contributed by atoms with Gasteiger partial charge in [-0.15, -0.1) is 0 Å². The summed E-state index contributed by atoms with van der Waals surface area (Å²) in [6, 6.07) is 3.13. The van der Waals surface area contributed by atoms with Crippen molar-refractivity contribution in [3.63, 3.8) is 0 Å². The van der Waals surface area contributed by atoms with Gasteiger partial charge in [0.05, 0.1) is 0 Å². The van der Waals surface area contributed by atoms with Crippen molar-refractivity contribution < 1.29 is 8.78 Å². The first-order valence-corrected chi connectivity index (χ1v) is 4.56. The van der Waals surface area contributed by atoms with E-state index in [0.717, 1.165) is 0 Å². The van der Waals surface area contributed by atoms with E-state index in [4.69, 9.17) is 11.5 Å². The van der Waals surface area contributed by atoms with Gasteiger partial charge in [0.25, 0.3) is 0 Å². The Hall–Kier alpha value is -1.00. The lowest BCUT2D eigenvalue weighted by atomic mass is 10.0. The lowest BCUT2D eigenvalue weighted by Crippen LogP contribution is -2.15. The molecule has 1 atom stereocenters. The first-order chi connectivity index (χ1) is 6.66. The summed E-state index contributed by atoms with van der Waals surface area (Å²) in [6.45, 7) is 0.476. The summed E-state index contributed by atoms with van der Waals surface area (Å²) in [5, 5.41) is 0. The van der Waals surface area contributed by atoms with Crippen LogP contribution in [0.25, 0.3) is 0 Å². The second kappa shape index (κ2) is 5.02. The Labute approximate surface area is 81.9 Å². The zero-order valence-electron chi connectivity index (χ0n) is 7.84. The predicted molar refractivity (Wildman–Crippen MR) is 51.6 cm³/mol. The van der Waals surface area contributed by atoms with Crippen LogP contribution in [0, 0.1) is 11.6 Å². The first-order valence-electron chi connectivity index (χ1n) is 4.56. The molecule has 0 saturated heterocycles. The number of nitrogens with two attached hydrogens (primary N) is 2. The molecule has 1 aromatic carbocycles. The molecule has 0 fully saturated rings. The molecule has 1 aromatic rings. The van der Waals surface area contributed by atoms with E-state index in [-0.39, 0.29) is 5.56 Å². The largest absolute Gasteiger partial charge is 0.330 e. The van der Waals surface area contributed by atoms with Gasteiger partial charge in [-0.1, -0.05) is 6.07 Å². The van der Waals surface area contributed by atoms with Crippen LogP contribution in [0.5, 0.6) is 0 Å². The quantitative estimate of drug-likeness (QED) is 0.777. The van der Waals surface area contributed by atoms with E-state index < -0.39 is 17.7 Å². The third-order valence-corrected chi connectivity index (χ3v) is 2.09. The smallest absolute Gasteiger partial charge is 0.130 e. The fraction of sp³-hybridized carbons (Fsp3) is 0.400. The van der Waals surface area contributed by atoms with E-state index >= 15 is 0 Å². The van der Waals surface area contributed by atoms with Crippen molar-refractivity contribution in [1.29, 1.82) is 0 Å². The van der Waals surface area contributed by atoms with Gasteiger partial charge in [0.2, 0.25) is 0 Å². The zero-order chi connectivity index (χ0) is 10.6. The topological polar surface area (TPSA) is 52.0 Å². The van der Waals surface area contributed by atoms with Crippen LogP contribution in [-0.4, -0.2) is 6.54 Å². The van der Waals surface area contributed by atoms with Crippen LogP contribution >= 0.6 is 0 Å². The van der Waals surface area contributed by atoms with Crippen LogP contribution in [0.4, 0.5) is 8.78 Å². The Kier molecular flexibility index (Phi) is 3.98. The van der Waals surface area contributed by atoms with E-state index in [2.05, 4.69) is 0 Å². The number of hydrogen-bond donors (Lipinski definition) is 2. The van der Waals surface area contributed by atoms with Crippen molar-refractivity contribution in [2.45, 2.75) is 18.9 Å². The minimum absolute atomic E-state index is 0.0408. The van der Waals surface area contributed by atoms with Crippen LogP contribution in [0.2, 0.25) is 0 Å². The van der Waals surface area contributed by atoms with E-state index in [1.807, 2.05) is 0 Å². The summed E-state index contributed by atoms with van der Waals surface area (Å²) in [5.74, 6) is -1.18. The molecule has 0 radical (unpaired) electrons.